The van der Waals surface area contributed by atoms with E-state index >= 15 is 0 Å². The summed E-state index contributed by atoms with van der Waals surface area (Å²) in [5.41, 5.74) is 11.3. The van der Waals surface area contributed by atoms with Crippen molar-refractivity contribution in [2.45, 2.75) is 13.8 Å². The number of para-hydroxylation sites is 1. The van der Waals surface area contributed by atoms with E-state index in [1.807, 2.05) is 44.2 Å². The molecule has 4 rings (SSSR count). The Balaban J connectivity index is 1.96. The Labute approximate surface area is 151 Å². The molecule has 1 aliphatic carbocycles. The molecule has 3 aromatic carbocycles. The smallest absolute Gasteiger partial charge is 0.196 e. The van der Waals surface area contributed by atoms with Crippen LogP contribution in [0.3, 0.4) is 0 Å². The summed E-state index contributed by atoms with van der Waals surface area (Å²) >= 11 is 0. The van der Waals surface area contributed by atoms with E-state index in [1.54, 1.807) is 24.3 Å². The lowest BCUT2D eigenvalue weighted by atomic mass is 9.81. The summed E-state index contributed by atoms with van der Waals surface area (Å²) in [7, 11) is 0. The van der Waals surface area contributed by atoms with Gasteiger partial charge in [-0.05, 0) is 37.1 Å². The molecule has 0 heterocycles. The number of nitrogens with two attached hydrogens (primary N) is 1. The van der Waals surface area contributed by atoms with Gasteiger partial charge in [-0.25, -0.2) is 0 Å². The third kappa shape index (κ3) is 2.30. The van der Waals surface area contributed by atoms with Crippen LogP contribution >= 0.6 is 0 Å². The summed E-state index contributed by atoms with van der Waals surface area (Å²) in [6.07, 6.45) is 0. The normalized spacial score (nSPS) is 12.5. The third-order valence-electron chi connectivity index (χ3n) is 4.86. The molecule has 0 spiro atoms. The van der Waals surface area contributed by atoms with Gasteiger partial charge in [0, 0.05) is 22.5 Å². The molecule has 4 nitrogen and oxygen atoms in total. The summed E-state index contributed by atoms with van der Waals surface area (Å²) in [6.45, 7) is 3.83. The van der Waals surface area contributed by atoms with Gasteiger partial charge in [0.1, 0.15) is 0 Å². The molecular formula is C22H18N2O2. The number of carbonyl (C=O) groups is 2. The van der Waals surface area contributed by atoms with Crippen molar-refractivity contribution in [2.24, 2.45) is 0 Å². The van der Waals surface area contributed by atoms with E-state index in [0.717, 1.165) is 16.8 Å². The summed E-state index contributed by atoms with van der Waals surface area (Å²) in [6, 6.07) is 16.5. The van der Waals surface area contributed by atoms with Gasteiger partial charge in [0.15, 0.2) is 11.6 Å². The van der Waals surface area contributed by atoms with Gasteiger partial charge in [0.2, 0.25) is 0 Å². The first-order valence-electron chi connectivity index (χ1n) is 8.43. The SMILES string of the molecule is Cc1ccccc1Nc1cc(C)c(N)c2c1C(=O)c1ccccc1C2=O. The van der Waals surface area contributed by atoms with E-state index < -0.39 is 0 Å². The topological polar surface area (TPSA) is 72.2 Å². The molecule has 3 aromatic rings. The number of benzene rings is 3. The number of hydrogen-bond acceptors (Lipinski definition) is 4. The number of anilines is 3. The van der Waals surface area contributed by atoms with Crippen molar-refractivity contribution in [2.75, 3.05) is 11.1 Å². The Morgan fingerprint density at radius 1 is 0.731 bits per heavy atom. The van der Waals surface area contributed by atoms with Crippen molar-refractivity contribution in [1.29, 1.82) is 0 Å². The Morgan fingerprint density at radius 2 is 1.31 bits per heavy atom. The summed E-state index contributed by atoms with van der Waals surface area (Å²) in [5.74, 6) is -0.387. The van der Waals surface area contributed by atoms with E-state index in [9.17, 15) is 9.59 Å². The monoisotopic (exact) mass is 342 g/mol. The third-order valence-corrected chi connectivity index (χ3v) is 4.86. The molecule has 1 aliphatic rings. The summed E-state index contributed by atoms with van der Waals surface area (Å²) < 4.78 is 0. The van der Waals surface area contributed by atoms with Gasteiger partial charge in [-0.2, -0.15) is 0 Å². The average Bonchev–Trinajstić information content (AvgIpc) is 2.64. The minimum atomic E-state index is -0.204. The van der Waals surface area contributed by atoms with Crippen LogP contribution in [0.1, 0.15) is 43.0 Å². The number of hydrogen-bond donors (Lipinski definition) is 2. The lowest BCUT2D eigenvalue weighted by Gasteiger charge is -2.24. The Kier molecular flexibility index (Phi) is 3.62. The van der Waals surface area contributed by atoms with Crippen LogP contribution in [-0.4, -0.2) is 11.6 Å². The van der Waals surface area contributed by atoms with Crippen LogP contribution < -0.4 is 11.1 Å². The van der Waals surface area contributed by atoms with Crippen molar-refractivity contribution in [3.8, 4) is 0 Å². The molecule has 3 N–H and O–H groups in total. The van der Waals surface area contributed by atoms with Crippen LogP contribution in [0.4, 0.5) is 17.1 Å². The fraction of sp³-hybridized carbons (Fsp3) is 0.0909. The van der Waals surface area contributed by atoms with Crippen LogP contribution in [0.25, 0.3) is 0 Å². The Morgan fingerprint density at radius 3 is 1.96 bits per heavy atom. The van der Waals surface area contributed by atoms with Crippen molar-refractivity contribution in [3.63, 3.8) is 0 Å². The molecule has 0 saturated carbocycles. The van der Waals surface area contributed by atoms with Gasteiger partial charge < -0.3 is 11.1 Å². The van der Waals surface area contributed by atoms with Crippen LogP contribution in [0.15, 0.2) is 54.6 Å². The van der Waals surface area contributed by atoms with Crippen molar-refractivity contribution < 1.29 is 9.59 Å². The molecule has 0 unspecified atom stereocenters. The van der Waals surface area contributed by atoms with Gasteiger partial charge >= 0.3 is 0 Å². The van der Waals surface area contributed by atoms with E-state index in [2.05, 4.69) is 5.32 Å². The lowest BCUT2D eigenvalue weighted by Crippen LogP contribution is -2.24. The maximum atomic E-state index is 13.2. The van der Waals surface area contributed by atoms with Gasteiger partial charge in [-0.15, -0.1) is 0 Å². The molecule has 0 atom stereocenters. The molecule has 0 amide bonds. The zero-order valence-corrected chi connectivity index (χ0v) is 14.6. The second kappa shape index (κ2) is 5.85. The van der Waals surface area contributed by atoms with Crippen molar-refractivity contribution in [3.05, 3.63) is 88.0 Å². The molecule has 0 bridgehead atoms. The fourth-order valence-corrected chi connectivity index (χ4v) is 3.41. The minimum Gasteiger partial charge on any atom is -0.398 e. The molecule has 0 saturated heterocycles. The maximum Gasteiger partial charge on any atom is 0.196 e. The molecule has 0 radical (unpaired) electrons. The average molecular weight is 342 g/mol. The first-order chi connectivity index (χ1) is 12.5. The standard InChI is InChI=1S/C22H18N2O2/c1-12-7-3-6-10-16(12)24-17-11-13(2)20(23)19-18(17)21(25)14-8-4-5-9-15(14)22(19)26/h3-11,24H,23H2,1-2H3. The lowest BCUT2D eigenvalue weighted by molar-refractivity contribution is 0.0980. The zero-order chi connectivity index (χ0) is 18.4. The molecule has 4 heteroatoms. The van der Waals surface area contributed by atoms with Gasteiger partial charge in [-0.3, -0.25) is 9.59 Å². The number of rotatable bonds is 2. The number of nitrogens with one attached hydrogen (secondary N) is 1. The van der Waals surface area contributed by atoms with Crippen molar-refractivity contribution in [1.82, 2.24) is 0 Å². The fourth-order valence-electron chi connectivity index (χ4n) is 3.41. The predicted octanol–water partition coefficient (Wildman–Crippen LogP) is 4.40. The van der Waals surface area contributed by atoms with Crippen LogP contribution in [0.2, 0.25) is 0 Å². The number of carbonyl (C=O) groups excluding carboxylic acids is 2. The highest BCUT2D eigenvalue weighted by molar-refractivity contribution is 6.32. The van der Waals surface area contributed by atoms with Crippen LogP contribution in [0.5, 0.6) is 0 Å². The second-order valence-electron chi connectivity index (χ2n) is 6.55. The summed E-state index contributed by atoms with van der Waals surface area (Å²) in [4.78, 5) is 26.2. The van der Waals surface area contributed by atoms with Crippen LogP contribution in [-0.2, 0) is 0 Å². The predicted molar refractivity (Wildman–Crippen MR) is 103 cm³/mol. The van der Waals surface area contributed by atoms with Gasteiger partial charge in [0.25, 0.3) is 0 Å². The van der Waals surface area contributed by atoms with Gasteiger partial charge in [0.05, 0.1) is 16.8 Å². The highest BCUT2D eigenvalue weighted by Gasteiger charge is 2.34. The van der Waals surface area contributed by atoms with Crippen LogP contribution in [0, 0.1) is 13.8 Å². The highest BCUT2D eigenvalue weighted by atomic mass is 16.1. The number of ketones is 2. The van der Waals surface area contributed by atoms with Gasteiger partial charge in [-0.1, -0.05) is 42.5 Å². The number of aryl methyl sites for hydroxylation is 2. The van der Waals surface area contributed by atoms with E-state index in [-0.39, 0.29) is 11.6 Å². The molecule has 26 heavy (non-hydrogen) atoms. The number of fused-ring (bicyclic) bond motifs is 2. The summed E-state index contributed by atoms with van der Waals surface area (Å²) in [5, 5.41) is 3.32. The van der Waals surface area contributed by atoms with Crippen molar-refractivity contribution >= 4 is 28.6 Å². The van der Waals surface area contributed by atoms with E-state index in [4.69, 9.17) is 5.73 Å². The zero-order valence-electron chi connectivity index (χ0n) is 14.6. The van der Waals surface area contributed by atoms with E-state index in [0.29, 0.717) is 33.6 Å². The molecule has 128 valence electrons. The Hall–Kier alpha value is -3.40. The maximum absolute atomic E-state index is 13.2. The first-order valence-corrected chi connectivity index (χ1v) is 8.43. The first kappa shape index (κ1) is 16.1. The quantitative estimate of drug-likeness (QED) is 0.530. The molecule has 0 aromatic heterocycles. The second-order valence-corrected chi connectivity index (χ2v) is 6.55. The molecule has 0 fully saturated rings. The highest BCUT2D eigenvalue weighted by Crippen LogP contribution is 2.38. The Bertz CT molecular complexity index is 1080. The molecular weight excluding hydrogens is 324 g/mol. The molecule has 0 aliphatic heterocycles. The minimum absolute atomic E-state index is 0.182. The largest absolute Gasteiger partial charge is 0.398 e. The number of nitrogen functional groups attached to an aromatic ring is 1. The van der Waals surface area contributed by atoms with E-state index in [1.165, 1.54) is 0 Å².